The highest BCUT2D eigenvalue weighted by Crippen LogP contribution is 2.55. The molecule has 2 N–H and O–H groups in total. The van der Waals surface area contributed by atoms with Crippen LogP contribution in [0.15, 0.2) is 82.3 Å². The Kier molecular flexibility index (Phi) is 7.61. The van der Waals surface area contributed by atoms with E-state index in [2.05, 4.69) is 26.2 Å². The first-order valence-corrected chi connectivity index (χ1v) is 15.3. The number of carbonyl (C=O) groups excluding carboxylic acids is 3. The summed E-state index contributed by atoms with van der Waals surface area (Å²) in [6, 6.07) is 20.8. The van der Waals surface area contributed by atoms with Crippen LogP contribution in [-0.4, -0.2) is 56.9 Å². The van der Waals surface area contributed by atoms with Crippen molar-refractivity contribution < 1.29 is 14.4 Å². The number of aromatic amines is 1. The van der Waals surface area contributed by atoms with Crippen LogP contribution in [0.4, 0.5) is 0 Å². The van der Waals surface area contributed by atoms with Crippen molar-refractivity contribution >= 4 is 67.9 Å². The zero-order valence-electron chi connectivity index (χ0n) is 22.3. The summed E-state index contributed by atoms with van der Waals surface area (Å²) in [5.74, 6) is -0.525. The normalized spacial score (nSPS) is 21.0. The molecule has 0 saturated carbocycles. The molecule has 3 aromatic carbocycles. The van der Waals surface area contributed by atoms with E-state index < -0.39 is 10.8 Å². The van der Waals surface area contributed by atoms with E-state index in [0.717, 1.165) is 37.0 Å². The minimum Gasteiger partial charge on any atom is -0.361 e. The second-order valence-electron chi connectivity index (χ2n) is 10.5. The van der Waals surface area contributed by atoms with Crippen LogP contribution in [0.2, 0.25) is 5.02 Å². The standard InChI is InChI=1S/C31H28BrClN4O3S/c1-19-2-9-23(10-3-19)41-31(30(40)36-13-12-34-27(38)18-36)15-28(39)37(17-20-4-6-21(32)7-5-20)29(31)25-16-35-26-14-22(33)8-11-24(25)26/h2-11,14,16,29,35H,12-13,15,17-18H2,1H3,(H,34,38)/t29-,31+/m1/s1. The van der Waals surface area contributed by atoms with E-state index in [0.29, 0.717) is 24.7 Å². The van der Waals surface area contributed by atoms with Gasteiger partial charge in [0.1, 0.15) is 4.75 Å². The second-order valence-corrected chi connectivity index (χ2v) is 13.3. The Bertz CT molecular complexity index is 1640. The maximum absolute atomic E-state index is 14.7. The highest BCUT2D eigenvalue weighted by atomic mass is 79.9. The number of fused-ring (bicyclic) bond motifs is 1. The lowest BCUT2D eigenvalue weighted by Gasteiger charge is -2.40. The topological polar surface area (TPSA) is 85.5 Å². The number of piperazine rings is 1. The van der Waals surface area contributed by atoms with Crippen molar-refractivity contribution in [3.63, 3.8) is 0 Å². The molecule has 0 radical (unpaired) electrons. The molecule has 2 saturated heterocycles. The zero-order valence-corrected chi connectivity index (χ0v) is 25.5. The van der Waals surface area contributed by atoms with Crippen LogP contribution in [0.1, 0.15) is 29.2 Å². The van der Waals surface area contributed by atoms with Crippen LogP contribution in [0.3, 0.4) is 0 Å². The number of thioether (sulfide) groups is 1. The number of carbonyl (C=O) groups is 3. The van der Waals surface area contributed by atoms with Gasteiger partial charge in [0.05, 0.1) is 19.0 Å². The number of amides is 3. The largest absolute Gasteiger partial charge is 0.361 e. The highest BCUT2D eigenvalue weighted by Gasteiger charge is 2.60. The van der Waals surface area contributed by atoms with Crippen LogP contribution in [0.5, 0.6) is 0 Å². The van der Waals surface area contributed by atoms with E-state index in [-0.39, 0.29) is 30.7 Å². The number of hydrogen-bond acceptors (Lipinski definition) is 4. The molecule has 0 unspecified atom stereocenters. The summed E-state index contributed by atoms with van der Waals surface area (Å²) in [5, 5.41) is 4.30. The Balaban J connectivity index is 1.53. The molecule has 2 aliphatic rings. The third-order valence-electron chi connectivity index (χ3n) is 7.73. The fourth-order valence-electron chi connectivity index (χ4n) is 5.78. The third kappa shape index (κ3) is 5.38. The first-order valence-electron chi connectivity index (χ1n) is 13.4. The Labute approximate surface area is 255 Å². The first kappa shape index (κ1) is 27.9. The molecule has 3 amide bonds. The van der Waals surface area contributed by atoms with Crippen molar-refractivity contribution in [2.45, 2.75) is 35.6 Å². The van der Waals surface area contributed by atoms with Gasteiger partial charge in [-0.25, -0.2) is 0 Å². The molecule has 10 heteroatoms. The Morgan fingerprint density at radius 2 is 1.85 bits per heavy atom. The summed E-state index contributed by atoms with van der Waals surface area (Å²) in [5.41, 5.74) is 3.73. The van der Waals surface area contributed by atoms with E-state index in [1.807, 2.05) is 84.8 Å². The fraction of sp³-hybridized carbons (Fsp3) is 0.258. The molecular formula is C31H28BrClN4O3S. The molecule has 2 atom stereocenters. The number of aromatic nitrogens is 1. The van der Waals surface area contributed by atoms with Crippen LogP contribution in [0.25, 0.3) is 10.9 Å². The summed E-state index contributed by atoms with van der Waals surface area (Å²) in [4.78, 5) is 48.8. The van der Waals surface area contributed by atoms with Crippen molar-refractivity contribution in [1.82, 2.24) is 20.1 Å². The number of nitrogens with zero attached hydrogens (tertiary/aromatic N) is 2. The van der Waals surface area contributed by atoms with E-state index >= 15 is 0 Å². The minimum atomic E-state index is -1.21. The Hall–Kier alpha value is -3.27. The molecule has 210 valence electrons. The molecular weight excluding hydrogens is 624 g/mol. The van der Waals surface area contributed by atoms with Crippen LogP contribution < -0.4 is 5.32 Å². The highest BCUT2D eigenvalue weighted by molar-refractivity contribution is 9.10. The van der Waals surface area contributed by atoms with Crippen LogP contribution >= 0.6 is 39.3 Å². The maximum Gasteiger partial charge on any atom is 0.242 e. The van der Waals surface area contributed by atoms with E-state index in [9.17, 15) is 14.4 Å². The van der Waals surface area contributed by atoms with Crippen molar-refractivity contribution in [1.29, 1.82) is 0 Å². The maximum atomic E-state index is 14.7. The molecule has 0 bridgehead atoms. The van der Waals surface area contributed by atoms with Gasteiger partial charge in [0.2, 0.25) is 17.7 Å². The number of rotatable bonds is 6. The summed E-state index contributed by atoms with van der Waals surface area (Å²) in [6.45, 7) is 3.08. The van der Waals surface area contributed by atoms with Gasteiger partial charge in [0.25, 0.3) is 0 Å². The van der Waals surface area contributed by atoms with Gasteiger partial charge in [0, 0.05) is 56.7 Å². The lowest BCUT2D eigenvalue weighted by atomic mass is 9.90. The van der Waals surface area contributed by atoms with Gasteiger partial charge in [0.15, 0.2) is 0 Å². The number of nitrogens with one attached hydrogen (secondary N) is 2. The van der Waals surface area contributed by atoms with Gasteiger partial charge < -0.3 is 20.1 Å². The van der Waals surface area contributed by atoms with Crippen LogP contribution in [-0.2, 0) is 20.9 Å². The van der Waals surface area contributed by atoms with E-state index in [4.69, 9.17) is 11.6 Å². The number of benzene rings is 3. The number of halogens is 2. The van der Waals surface area contributed by atoms with Crippen LogP contribution in [0, 0.1) is 6.92 Å². The smallest absolute Gasteiger partial charge is 0.242 e. The van der Waals surface area contributed by atoms with Crippen molar-refractivity contribution in [3.8, 4) is 0 Å². The first-order chi connectivity index (χ1) is 19.7. The van der Waals surface area contributed by atoms with Gasteiger partial charge >= 0.3 is 0 Å². The summed E-state index contributed by atoms with van der Waals surface area (Å²) < 4.78 is -0.268. The monoisotopic (exact) mass is 650 g/mol. The predicted molar refractivity (Wildman–Crippen MR) is 165 cm³/mol. The molecule has 3 heterocycles. The number of aryl methyl sites for hydroxylation is 1. The predicted octanol–water partition coefficient (Wildman–Crippen LogP) is 5.86. The van der Waals surface area contributed by atoms with Gasteiger partial charge in [-0.05, 0) is 48.9 Å². The molecule has 2 fully saturated rings. The Morgan fingerprint density at radius 3 is 2.59 bits per heavy atom. The quantitative estimate of drug-likeness (QED) is 0.274. The number of H-pyrrole nitrogens is 1. The van der Waals surface area contributed by atoms with E-state index in [1.54, 1.807) is 4.90 Å². The molecule has 6 rings (SSSR count). The summed E-state index contributed by atoms with van der Waals surface area (Å²) in [6.07, 6.45) is 1.89. The summed E-state index contributed by atoms with van der Waals surface area (Å²) >= 11 is 11.2. The van der Waals surface area contributed by atoms with Gasteiger partial charge in [-0.2, -0.15) is 0 Å². The minimum absolute atomic E-state index is 0.00392. The second kappa shape index (κ2) is 11.2. The molecule has 1 aromatic heterocycles. The average molecular weight is 652 g/mol. The Morgan fingerprint density at radius 1 is 1.10 bits per heavy atom. The third-order valence-corrected chi connectivity index (χ3v) is 9.91. The molecule has 4 aromatic rings. The van der Waals surface area contributed by atoms with Gasteiger partial charge in [-0.15, -0.1) is 11.8 Å². The summed E-state index contributed by atoms with van der Waals surface area (Å²) in [7, 11) is 0. The zero-order chi connectivity index (χ0) is 28.7. The lowest BCUT2D eigenvalue weighted by Crippen LogP contribution is -2.57. The fourth-order valence-corrected chi connectivity index (χ4v) is 7.68. The van der Waals surface area contributed by atoms with E-state index in [1.165, 1.54) is 11.8 Å². The van der Waals surface area contributed by atoms with Gasteiger partial charge in [-0.1, -0.05) is 63.4 Å². The van der Waals surface area contributed by atoms with Gasteiger partial charge in [-0.3, -0.25) is 14.4 Å². The molecule has 2 aliphatic heterocycles. The van der Waals surface area contributed by atoms with Crippen molar-refractivity contribution in [2.24, 2.45) is 0 Å². The molecule has 7 nitrogen and oxygen atoms in total. The SMILES string of the molecule is Cc1ccc(S[C@@]2(C(=O)N3CCNC(=O)C3)CC(=O)N(Cc3ccc(Br)cc3)[C@@H]2c2c[nH]c3cc(Cl)ccc23)cc1. The van der Waals surface area contributed by atoms with Crippen molar-refractivity contribution in [2.75, 3.05) is 19.6 Å². The molecule has 0 spiro atoms. The molecule has 0 aliphatic carbocycles. The number of likely N-dealkylation sites (tertiary alicyclic amines) is 1. The molecule has 41 heavy (non-hydrogen) atoms. The number of hydrogen-bond donors (Lipinski definition) is 2. The average Bonchev–Trinajstić information content (AvgIpc) is 3.48. The lowest BCUT2D eigenvalue weighted by molar-refractivity contribution is -0.140. The van der Waals surface area contributed by atoms with Crippen molar-refractivity contribution in [3.05, 3.63) is 99.1 Å².